The first kappa shape index (κ1) is 28.1. The second kappa shape index (κ2) is 13.2. The van der Waals surface area contributed by atoms with Crippen molar-refractivity contribution in [3.63, 3.8) is 0 Å². The highest BCUT2D eigenvalue weighted by Crippen LogP contribution is 2.40. The molecule has 0 amide bonds. The molecular formula is C27H32ClNO8. The molecule has 1 aliphatic heterocycles. The number of ether oxygens (including phenoxy) is 5. The van der Waals surface area contributed by atoms with Crippen LogP contribution in [-0.2, 0) is 27.2 Å². The van der Waals surface area contributed by atoms with E-state index in [1.54, 1.807) is 28.4 Å². The number of esters is 1. The number of halogens is 1. The highest BCUT2D eigenvalue weighted by Gasteiger charge is 2.29. The number of rotatable bonds is 12. The number of carboxylic acid groups (broad SMARTS) is 1. The molecule has 0 bridgehead atoms. The van der Waals surface area contributed by atoms with Gasteiger partial charge < -0.3 is 28.8 Å². The normalized spacial score (nSPS) is 15.5. The molecule has 1 unspecified atom stereocenters. The highest BCUT2D eigenvalue weighted by molar-refractivity contribution is 6.42. The number of aliphatic carboxylic acids is 1. The number of nitrogens with zero attached hydrogens (tertiary/aromatic N) is 1. The average Bonchev–Trinajstić information content (AvgIpc) is 2.90. The Morgan fingerprint density at radius 2 is 1.65 bits per heavy atom. The Kier molecular flexibility index (Phi) is 10.0. The molecule has 1 heterocycles. The van der Waals surface area contributed by atoms with Gasteiger partial charge in [-0.15, -0.1) is 0 Å². The summed E-state index contributed by atoms with van der Waals surface area (Å²) in [7, 11) is 6.46. The van der Waals surface area contributed by atoms with Crippen LogP contribution in [0.25, 0.3) is 0 Å². The third kappa shape index (κ3) is 7.08. The molecule has 9 nitrogen and oxygen atoms in total. The number of fused-ring (bicyclic) bond motifs is 1. The largest absolute Gasteiger partial charge is 0.493 e. The molecule has 0 saturated heterocycles. The van der Waals surface area contributed by atoms with Gasteiger partial charge in [0.15, 0.2) is 23.0 Å². The van der Waals surface area contributed by atoms with E-state index < -0.39 is 17.0 Å². The fourth-order valence-corrected chi connectivity index (χ4v) is 4.63. The van der Waals surface area contributed by atoms with Crippen molar-refractivity contribution in [2.45, 2.75) is 25.3 Å². The van der Waals surface area contributed by atoms with Gasteiger partial charge in [0.25, 0.3) is 0 Å². The maximum atomic E-state index is 11.9. The Bertz CT molecular complexity index is 1150. The molecule has 0 saturated carbocycles. The van der Waals surface area contributed by atoms with E-state index in [0.717, 1.165) is 24.1 Å². The molecular weight excluding hydrogens is 502 g/mol. The summed E-state index contributed by atoms with van der Waals surface area (Å²) in [5, 5.41) is 8.26. The second-order valence-corrected chi connectivity index (χ2v) is 8.83. The van der Waals surface area contributed by atoms with Gasteiger partial charge in [-0.2, -0.15) is 0 Å². The maximum Gasteiger partial charge on any atom is 0.350 e. The monoisotopic (exact) mass is 533 g/mol. The second-order valence-electron chi connectivity index (χ2n) is 8.42. The first-order valence-corrected chi connectivity index (χ1v) is 12.2. The maximum absolute atomic E-state index is 11.9. The van der Waals surface area contributed by atoms with Crippen LogP contribution in [0.1, 0.15) is 29.2 Å². The van der Waals surface area contributed by atoms with Crippen molar-refractivity contribution >= 4 is 23.5 Å². The van der Waals surface area contributed by atoms with Gasteiger partial charge in [0.05, 0.1) is 35.0 Å². The van der Waals surface area contributed by atoms with E-state index in [-0.39, 0.29) is 12.6 Å². The number of benzene rings is 2. The minimum atomic E-state index is -1.31. The van der Waals surface area contributed by atoms with Gasteiger partial charge >= 0.3 is 11.9 Å². The summed E-state index contributed by atoms with van der Waals surface area (Å²) < 4.78 is 27.1. The fraction of sp³-hybridized carbons (Fsp3) is 0.407. The zero-order valence-corrected chi connectivity index (χ0v) is 22.2. The molecule has 1 N–H and O–H groups in total. The number of carbonyl (C=O) groups excluding carboxylic acids is 1. The number of carboxylic acids is 1. The van der Waals surface area contributed by atoms with Crippen molar-refractivity contribution in [3.8, 4) is 23.0 Å². The van der Waals surface area contributed by atoms with E-state index in [1.807, 2.05) is 30.3 Å². The third-order valence-corrected chi connectivity index (χ3v) is 6.52. The van der Waals surface area contributed by atoms with Crippen molar-refractivity contribution in [2.24, 2.45) is 0 Å². The first-order valence-electron chi connectivity index (χ1n) is 11.8. The number of hydrogen-bond acceptors (Lipinski definition) is 8. The smallest absolute Gasteiger partial charge is 0.350 e. The molecule has 1 atom stereocenters. The first-order chi connectivity index (χ1) is 17.8. The Morgan fingerprint density at radius 1 is 1.00 bits per heavy atom. The van der Waals surface area contributed by atoms with Gasteiger partial charge in [0, 0.05) is 25.2 Å². The predicted molar refractivity (Wildman–Crippen MR) is 138 cm³/mol. The minimum absolute atomic E-state index is 0.0212. The molecule has 2 aromatic carbocycles. The van der Waals surface area contributed by atoms with Crippen LogP contribution >= 0.6 is 11.6 Å². The molecule has 37 heavy (non-hydrogen) atoms. The van der Waals surface area contributed by atoms with Gasteiger partial charge in [0.1, 0.15) is 5.03 Å². The lowest BCUT2D eigenvalue weighted by Crippen LogP contribution is -2.37. The van der Waals surface area contributed by atoms with Crippen LogP contribution in [-0.4, -0.2) is 70.1 Å². The summed E-state index contributed by atoms with van der Waals surface area (Å²) in [4.78, 5) is 24.9. The molecule has 0 radical (unpaired) electrons. The molecule has 0 aromatic heterocycles. The summed E-state index contributed by atoms with van der Waals surface area (Å²) in [6.45, 7) is 1.56. The molecule has 3 rings (SSSR count). The topological polar surface area (TPSA) is 104 Å². The van der Waals surface area contributed by atoms with E-state index in [0.29, 0.717) is 48.5 Å². The van der Waals surface area contributed by atoms with Crippen molar-refractivity contribution < 1.29 is 38.4 Å². The number of methoxy groups -OCH3 is 4. The predicted octanol–water partition coefficient (Wildman–Crippen LogP) is 4.00. The number of carbonyl (C=O) groups is 2. The average molecular weight is 534 g/mol. The summed E-state index contributed by atoms with van der Waals surface area (Å²) in [6.07, 6.45) is 2.70. The molecule has 1 aliphatic rings. The highest BCUT2D eigenvalue weighted by atomic mass is 35.5. The van der Waals surface area contributed by atoms with Crippen LogP contribution in [0.15, 0.2) is 41.4 Å². The zero-order valence-electron chi connectivity index (χ0n) is 21.4. The van der Waals surface area contributed by atoms with Crippen LogP contribution < -0.4 is 18.9 Å². The lowest BCUT2D eigenvalue weighted by Gasteiger charge is -2.38. The Hall–Kier alpha value is -3.43. The van der Waals surface area contributed by atoms with Crippen molar-refractivity contribution in [3.05, 3.63) is 58.1 Å². The summed E-state index contributed by atoms with van der Waals surface area (Å²) >= 11 is 5.68. The van der Waals surface area contributed by atoms with Crippen molar-refractivity contribution in [2.75, 3.05) is 48.1 Å². The fourth-order valence-electron chi connectivity index (χ4n) is 4.49. The summed E-state index contributed by atoms with van der Waals surface area (Å²) in [5.74, 6) is 0.516. The lowest BCUT2D eigenvalue weighted by atomic mass is 9.88. The van der Waals surface area contributed by atoms with Crippen LogP contribution in [0.3, 0.4) is 0 Å². The van der Waals surface area contributed by atoms with E-state index in [9.17, 15) is 9.59 Å². The standard InChI is InChI=1S/C27H32ClNO8/c1-33-22-7-6-17(13-23(22)34-2)12-21-19-15-25(36-4)24(35-3)14-18(19)8-10-29(21)9-5-11-37-27(32)20(28)16-26(30)31/h6-7,13-16,21H,5,8-12H2,1-4H3,(H,30,31). The zero-order chi connectivity index (χ0) is 26.9. The lowest BCUT2D eigenvalue weighted by molar-refractivity contribution is -0.139. The molecule has 2 aromatic rings. The van der Waals surface area contributed by atoms with Crippen LogP contribution in [0.5, 0.6) is 23.0 Å². The summed E-state index contributed by atoms with van der Waals surface area (Å²) in [6, 6.07) is 9.98. The van der Waals surface area contributed by atoms with Gasteiger partial charge in [-0.3, -0.25) is 4.90 Å². The van der Waals surface area contributed by atoms with E-state index in [2.05, 4.69) is 4.90 Å². The molecule has 10 heteroatoms. The Balaban J connectivity index is 1.82. The van der Waals surface area contributed by atoms with Crippen molar-refractivity contribution in [1.82, 2.24) is 4.90 Å². The molecule has 0 fully saturated rings. The molecule has 0 aliphatic carbocycles. The van der Waals surface area contributed by atoms with Gasteiger partial charge in [0.2, 0.25) is 0 Å². The third-order valence-electron chi connectivity index (χ3n) is 6.26. The molecule has 0 spiro atoms. The van der Waals surface area contributed by atoms with Gasteiger partial charge in [-0.25, -0.2) is 9.59 Å². The van der Waals surface area contributed by atoms with Gasteiger partial charge in [-0.05, 0) is 60.2 Å². The SMILES string of the molecule is COc1ccc(CC2c3cc(OC)c(OC)cc3CCN2CCCOC(=O)C(Cl)=CC(=O)O)cc1OC. The van der Waals surface area contributed by atoms with Gasteiger partial charge in [-0.1, -0.05) is 17.7 Å². The Morgan fingerprint density at radius 3 is 2.30 bits per heavy atom. The van der Waals surface area contributed by atoms with Crippen molar-refractivity contribution in [1.29, 1.82) is 0 Å². The quantitative estimate of drug-likeness (QED) is 0.246. The van der Waals surface area contributed by atoms with Crippen LogP contribution in [0.2, 0.25) is 0 Å². The van der Waals surface area contributed by atoms with E-state index in [1.165, 1.54) is 5.56 Å². The molecule has 200 valence electrons. The van der Waals surface area contributed by atoms with E-state index in [4.69, 9.17) is 40.4 Å². The van der Waals surface area contributed by atoms with Crippen LogP contribution in [0.4, 0.5) is 0 Å². The van der Waals surface area contributed by atoms with Crippen LogP contribution in [0, 0.1) is 0 Å². The minimum Gasteiger partial charge on any atom is -0.493 e. The Labute approximate surface area is 221 Å². The number of hydrogen-bond donors (Lipinski definition) is 1. The van der Waals surface area contributed by atoms with E-state index >= 15 is 0 Å². The summed E-state index contributed by atoms with van der Waals surface area (Å²) in [5.41, 5.74) is 3.41.